The third-order valence-electron chi connectivity index (χ3n) is 2.85. The highest BCUT2D eigenvalue weighted by Crippen LogP contribution is 2.29. The van der Waals surface area contributed by atoms with Crippen LogP contribution < -0.4 is 0 Å². The molecule has 2 nitrogen and oxygen atoms in total. The molecule has 20 heavy (non-hydrogen) atoms. The zero-order valence-electron chi connectivity index (χ0n) is 10.4. The van der Waals surface area contributed by atoms with Gasteiger partial charge in [0.05, 0.1) is 15.8 Å². The second kappa shape index (κ2) is 5.58. The fourth-order valence-electron chi connectivity index (χ4n) is 1.88. The molecule has 0 bridgehead atoms. The van der Waals surface area contributed by atoms with Gasteiger partial charge in [0.15, 0.2) is 0 Å². The molecule has 2 aromatic carbocycles. The molecule has 0 spiro atoms. The predicted octanol–water partition coefficient (Wildman–Crippen LogP) is 5.12. The molecule has 0 saturated heterocycles. The molecule has 3 rings (SSSR count). The molecule has 96 valence electrons. The number of nitrogens with zero attached hydrogens (tertiary/aromatic N) is 2. The molecular weight excluding hydrogens is 332 g/mol. The van der Waals surface area contributed by atoms with Crippen molar-refractivity contribution in [3.63, 3.8) is 0 Å². The quantitative estimate of drug-likeness (QED) is 0.607. The van der Waals surface area contributed by atoms with Crippen molar-refractivity contribution >= 4 is 49.1 Å². The molecule has 1 aromatic heterocycles. The van der Waals surface area contributed by atoms with Crippen LogP contribution in [0.25, 0.3) is 21.9 Å². The largest absolute Gasteiger partial charge is 0.235 e. The average molecular weight is 341 g/mol. The maximum atomic E-state index is 9.39. The first kappa shape index (κ1) is 13.0. The van der Waals surface area contributed by atoms with Crippen LogP contribution in [0.2, 0.25) is 0 Å². The van der Waals surface area contributed by atoms with Gasteiger partial charge in [-0.3, -0.25) is 0 Å². The summed E-state index contributed by atoms with van der Waals surface area (Å²) in [5.74, 6) is 0. The van der Waals surface area contributed by atoms with Crippen LogP contribution in [0.15, 0.2) is 53.0 Å². The number of allylic oxidation sites excluding steroid dienone is 1. The number of para-hydroxylation sites is 1. The molecule has 0 fully saturated rings. The number of nitriles is 1. The topological polar surface area (TPSA) is 36.7 Å². The standard InChI is InChI=1S/C16H9BrN2S/c17-13-6-2-1-5-11(13)9-12(10-18)16-19-14-7-3-4-8-15(14)20-16/h1-9H. The minimum Gasteiger partial charge on any atom is -0.235 e. The predicted molar refractivity (Wildman–Crippen MR) is 87.2 cm³/mol. The minimum atomic E-state index is 0.582. The lowest BCUT2D eigenvalue weighted by atomic mass is 10.1. The molecule has 0 N–H and O–H groups in total. The van der Waals surface area contributed by atoms with Gasteiger partial charge in [0.25, 0.3) is 0 Å². The fraction of sp³-hybridized carbons (Fsp3) is 0. The Balaban J connectivity index is 2.10. The monoisotopic (exact) mass is 340 g/mol. The molecule has 0 atom stereocenters. The second-order valence-electron chi connectivity index (χ2n) is 4.18. The number of benzene rings is 2. The molecule has 0 aliphatic rings. The Kier molecular flexibility index (Phi) is 3.64. The Morgan fingerprint density at radius 3 is 2.65 bits per heavy atom. The van der Waals surface area contributed by atoms with Gasteiger partial charge in [-0.05, 0) is 29.8 Å². The van der Waals surface area contributed by atoms with Crippen LogP contribution in [-0.2, 0) is 0 Å². The van der Waals surface area contributed by atoms with Gasteiger partial charge in [0.2, 0.25) is 0 Å². The van der Waals surface area contributed by atoms with Crippen LogP contribution in [0.4, 0.5) is 0 Å². The van der Waals surface area contributed by atoms with E-state index in [1.165, 1.54) is 11.3 Å². The smallest absolute Gasteiger partial charge is 0.135 e. The summed E-state index contributed by atoms with van der Waals surface area (Å²) in [7, 11) is 0. The van der Waals surface area contributed by atoms with Gasteiger partial charge in [0, 0.05) is 4.47 Å². The SMILES string of the molecule is N#CC(=Cc1ccccc1Br)c1nc2ccccc2s1. The summed E-state index contributed by atoms with van der Waals surface area (Å²) in [4.78, 5) is 4.52. The molecular formula is C16H9BrN2S. The van der Waals surface area contributed by atoms with Crippen LogP contribution in [0.5, 0.6) is 0 Å². The van der Waals surface area contributed by atoms with Crippen LogP contribution in [0, 0.1) is 11.3 Å². The van der Waals surface area contributed by atoms with Crippen LogP contribution in [-0.4, -0.2) is 4.98 Å². The van der Waals surface area contributed by atoms with Crippen molar-refractivity contribution < 1.29 is 0 Å². The number of hydrogen-bond acceptors (Lipinski definition) is 3. The third kappa shape index (κ3) is 2.51. The van der Waals surface area contributed by atoms with Crippen molar-refractivity contribution in [2.45, 2.75) is 0 Å². The first-order chi connectivity index (χ1) is 9.78. The molecule has 1 heterocycles. The van der Waals surface area contributed by atoms with Gasteiger partial charge in [-0.15, -0.1) is 11.3 Å². The van der Waals surface area contributed by atoms with Crippen LogP contribution in [0.1, 0.15) is 10.6 Å². The summed E-state index contributed by atoms with van der Waals surface area (Å²) in [6.07, 6.45) is 1.86. The van der Waals surface area contributed by atoms with Gasteiger partial charge in [-0.1, -0.05) is 46.3 Å². The number of fused-ring (bicyclic) bond motifs is 1. The van der Waals surface area contributed by atoms with E-state index in [4.69, 9.17) is 0 Å². The Hall–Kier alpha value is -1.96. The third-order valence-corrected chi connectivity index (χ3v) is 4.64. The number of hydrogen-bond donors (Lipinski definition) is 0. The first-order valence-corrected chi connectivity index (χ1v) is 7.61. The van der Waals surface area contributed by atoms with Crippen LogP contribution in [0.3, 0.4) is 0 Å². The van der Waals surface area contributed by atoms with E-state index in [1.54, 1.807) is 0 Å². The van der Waals surface area contributed by atoms with Crippen molar-refractivity contribution in [1.82, 2.24) is 4.98 Å². The number of thiazole rings is 1. The van der Waals surface area contributed by atoms with Crippen molar-refractivity contribution in [2.24, 2.45) is 0 Å². The van der Waals surface area contributed by atoms with E-state index in [-0.39, 0.29) is 0 Å². The van der Waals surface area contributed by atoms with E-state index in [1.807, 2.05) is 54.6 Å². The summed E-state index contributed by atoms with van der Waals surface area (Å²) >= 11 is 5.03. The van der Waals surface area contributed by atoms with Crippen molar-refractivity contribution in [3.8, 4) is 6.07 Å². The Morgan fingerprint density at radius 2 is 1.90 bits per heavy atom. The van der Waals surface area contributed by atoms with Gasteiger partial charge in [0.1, 0.15) is 11.1 Å². The Morgan fingerprint density at radius 1 is 1.15 bits per heavy atom. The minimum absolute atomic E-state index is 0.582. The van der Waals surface area contributed by atoms with Crippen LogP contribution >= 0.6 is 27.3 Å². The molecule has 0 amide bonds. The van der Waals surface area contributed by atoms with E-state index in [2.05, 4.69) is 27.0 Å². The highest BCUT2D eigenvalue weighted by molar-refractivity contribution is 9.10. The maximum Gasteiger partial charge on any atom is 0.135 e. The fourth-order valence-corrected chi connectivity index (χ4v) is 3.21. The van der Waals surface area contributed by atoms with E-state index >= 15 is 0 Å². The normalized spacial score (nSPS) is 11.5. The van der Waals surface area contributed by atoms with Crippen molar-refractivity contribution in [3.05, 3.63) is 63.6 Å². The molecule has 0 unspecified atom stereocenters. The van der Waals surface area contributed by atoms with Gasteiger partial charge in [-0.2, -0.15) is 5.26 Å². The highest BCUT2D eigenvalue weighted by Gasteiger charge is 2.09. The lowest BCUT2D eigenvalue weighted by Crippen LogP contribution is -1.81. The Bertz CT molecular complexity index is 810. The van der Waals surface area contributed by atoms with E-state index in [0.29, 0.717) is 5.57 Å². The van der Waals surface area contributed by atoms with Crippen molar-refractivity contribution in [1.29, 1.82) is 5.26 Å². The highest BCUT2D eigenvalue weighted by atomic mass is 79.9. The summed E-state index contributed by atoms with van der Waals surface area (Å²) in [5.41, 5.74) is 2.49. The lowest BCUT2D eigenvalue weighted by Gasteiger charge is -1.98. The van der Waals surface area contributed by atoms with Gasteiger partial charge >= 0.3 is 0 Å². The van der Waals surface area contributed by atoms with E-state index < -0.39 is 0 Å². The summed E-state index contributed by atoms with van der Waals surface area (Å²) in [6, 6.07) is 18.0. The number of halogens is 1. The number of rotatable bonds is 2. The van der Waals surface area contributed by atoms with E-state index in [9.17, 15) is 5.26 Å². The maximum absolute atomic E-state index is 9.39. The number of aromatic nitrogens is 1. The summed E-state index contributed by atoms with van der Waals surface area (Å²) in [6.45, 7) is 0. The molecule has 0 aliphatic heterocycles. The zero-order chi connectivity index (χ0) is 13.9. The Labute approximate surface area is 129 Å². The molecule has 0 radical (unpaired) electrons. The molecule has 0 aliphatic carbocycles. The first-order valence-electron chi connectivity index (χ1n) is 6.00. The second-order valence-corrected chi connectivity index (χ2v) is 6.06. The molecule has 4 heteroatoms. The van der Waals surface area contributed by atoms with E-state index in [0.717, 1.165) is 25.3 Å². The van der Waals surface area contributed by atoms with Gasteiger partial charge in [-0.25, -0.2) is 4.98 Å². The summed E-state index contributed by atoms with van der Waals surface area (Å²) in [5, 5.41) is 10.1. The lowest BCUT2D eigenvalue weighted by molar-refractivity contribution is 1.43. The average Bonchev–Trinajstić information content (AvgIpc) is 2.90. The molecule has 3 aromatic rings. The van der Waals surface area contributed by atoms with Gasteiger partial charge < -0.3 is 0 Å². The van der Waals surface area contributed by atoms with Crippen molar-refractivity contribution in [2.75, 3.05) is 0 Å². The molecule has 0 saturated carbocycles. The summed E-state index contributed by atoms with van der Waals surface area (Å²) < 4.78 is 2.06. The zero-order valence-corrected chi connectivity index (χ0v) is 12.8.